The zero-order valence-corrected chi connectivity index (χ0v) is 14.0. The largest absolute Gasteiger partial charge is 0.480 e. The maximum absolute atomic E-state index is 12.2. The number of hydrogen-bond donors (Lipinski definition) is 1. The van der Waals surface area contributed by atoms with Crippen molar-refractivity contribution in [3.63, 3.8) is 0 Å². The third kappa shape index (κ3) is 4.96. The third-order valence-corrected chi connectivity index (χ3v) is 4.26. The summed E-state index contributed by atoms with van der Waals surface area (Å²) in [5.74, 6) is -1.15. The minimum atomic E-state index is -1.06. The van der Waals surface area contributed by atoms with E-state index in [4.69, 9.17) is 5.11 Å². The second-order valence-electron chi connectivity index (χ2n) is 5.16. The summed E-state index contributed by atoms with van der Waals surface area (Å²) in [5.41, 5.74) is 1.05. The molecule has 0 aromatic heterocycles. The van der Waals surface area contributed by atoms with Gasteiger partial charge in [0.2, 0.25) is 0 Å². The Balaban J connectivity index is 2.01. The summed E-state index contributed by atoms with van der Waals surface area (Å²) < 4.78 is 0. The number of carboxylic acid groups (broad SMARTS) is 1. The Kier molecular flexibility index (Phi) is 6.14. The summed E-state index contributed by atoms with van der Waals surface area (Å²) in [4.78, 5) is 36.9. The highest BCUT2D eigenvalue weighted by atomic mass is 32.2. The van der Waals surface area contributed by atoms with E-state index in [1.165, 1.54) is 18.8 Å². The Morgan fingerprint density at radius 2 is 1.67 bits per heavy atom. The van der Waals surface area contributed by atoms with E-state index < -0.39 is 5.97 Å². The van der Waals surface area contributed by atoms with Crippen LogP contribution >= 0.6 is 11.8 Å². The first kappa shape index (κ1) is 17.7. The van der Waals surface area contributed by atoms with Crippen molar-refractivity contribution in [1.29, 1.82) is 0 Å². The van der Waals surface area contributed by atoms with Gasteiger partial charge in [-0.05, 0) is 18.2 Å². The molecule has 2 rings (SSSR count). The normalized spacial score (nSPS) is 10.2. The van der Waals surface area contributed by atoms with Crippen molar-refractivity contribution in [2.45, 2.75) is 4.90 Å². The van der Waals surface area contributed by atoms with Crippen LogP contribution in [0.5, 0.6) is 0 Å². The fourth-order valence-corrected chi connectivity index (χ4v) is 2.92. The molecule has 0 aliphatic rings. The Labute approximate surface area is 144 Å². The monoisotopic (exact) mass is 343 g/mol. The number of aliphatic carboxylic acids is 1. The lowest BCUT2D eigenvalue weighted by molar-refractivity contribution is -0.137. The van der Waals surface area contributed by atoms with Crippen LogP contribution in [0.1, 0.15) is 20.7 Å². The minimum Gasteiger partial charge on any atom is -0.480 e. The van der Waals surface area contributed by atoms with E-state index in [1.54, 1.807) is 30.3 Å². The Hall–Kier alpha value is -2.60. The zero-order valence-electron chi connectivity index (χ0n) is 13.1. The molecule has 0 aliphatic carbocycles. The molecule has 24 heavy (non-hydrogen) atoms. The van der Waals surface area contributed by atoms with Crippen molar-refractivity contribution in [2.24, 2.45) is 0 Å². The van der Waals surface area contributed by atoms with Crippen LogP contribution in [-0.4, -0.2) is 47.0 Å². The molecule has 6 heteroatoms. The molecule has 0 saturated heterocycles. The molecule has 2 aromatic rings. The van der Waals surface area contributed by atoms with E-state index in [2.05, 4.69) is 0 Å². The fourth-order valence-electron chi connectivity index (χ4n) is 2.07. The van der Waals surface area contributed by atoms with Gasteiger partial charge < -0.3 is 10.0 Å². The highest BCUT2D eigenvalue weighted by molar-refractivity contribution is 8.00. The van der Waals surface area contributed by atoms with Crippen LogP contribution in [0.2, 0.25) is 0 Å². The van der Waals surface area contributed by atoms with Crippen molar-refractivity contribution in [2.75, 3.05) is 19.3 Å². The van der Waals surface area contributed by atoms with Crippen LogP contribution in [0.25, 0.3) is 0 Å². The Morgan fingerprint density at radius 1 is 1.00 bits per heavy atom. The maximum Gasteiger partial charge on any atom is 0.323 e. The van der Waals surface area contributed by atoms with E-state index in [1.807, 2.05) is 24.3 Å². The lowest BCUT2D eigenvalue weighted by atomic mass is 10.2. The molecule has 0 fully saturated rings. The number of ketones is 1. The summed E-state index contributed by atoms with van der Waals surface area (Å²) in [6.07, 6.45) is 0. The van der Waals surface area contributed by atoms with Crippen molar-refractivity contribution in [1.82, 2.24) is 4.90 Å². The Morgan fingerprint density at radius 3 is 2.33 bits per heavy atom. The van der Waals surface area contributed by atoms with E-state index in [0.717, 1.165) is 9.80 Å². The van der Waals surface area contributed by atoms with Crippen LogP contribution < -0.4 is 0 Å². The molecule has 0 saturated carbocycles. The van der Waals surface area contributed by atoms with Crippen molar-refractivity contribution < 1.29 is 19.5 Å². The summed E-state index contributed by atoms with van der Waals surface area (Å²) in [5, 5.41) is 8.75. The molecule has 0 atom stereocenters. The standard InChI is InChI=1S/C18H17NO4S/c1-19(11-17(21)22)18(23)14-8-5-9-15(10-14)24-12-16(20)13-6-3-2-4-7-13/h2-10H,11-12H2,1H3,(H,21,22). The van der Waals surface area contributed by atoms with Crippen LogP contribution in [0, 0.1) is 0 Å². The molecule has 2 aromatic carbocycles. The number of thioether (sulfide) groups is 1. The average molecular weight is 343 g/mol. The maximum atomic E-state index is 12.2. The van der Waals surface area contributed by atoms with Gasteiger partial charge in [0.1, 0.15) is 6.54 Å². The number of hydrogen-bond acceptors (Lipinski definition) is 4. The van der Waals surface area contributed by atoms with E-state index in [-0.39, 0.29) is 24.0 Å². The topological polar surface area (TPSA) is 74.7 Å². The number of likely N-dealkylation sites (N-methyl/N-ethyl adjacent to an activating group) is 1. The van der Waals surface area contributed by atoms with Gasteiger partial charge in [0, 0.05) is 23.1 Å². The fraction of sp³-hybridized carbons (Fsp3) is 0.167. The summed E-state index contributed by atoms with van der Waals surface area (Å²) in [6, 6.07) is 15.9. The molecule has 0 spiro atoms. The smallest absolute Gasteiger partial charge is 0.323 e. The van der Waals surface area contributed by atoms with E-state index in [9.17, 15) is 14.4 Å². The predicted octanol–water partition coefficient (Wildman–Crippen LogP) is 2.82. The highest BCUT2D eigenvalue weighted by Gasteiger charge is 2.15. The quantitative estimate of drug-likeness (QED) is 0.618. The first-order valence-corrected chi connectivity index (χ1v) is 8.24. The van der Waals surface area contributed by atoms with Gasteiger partial charge in [0.25, 0.3) is 5.91 Å². The predicted molar refractivity (Wildman–Crippen MR) is 92.5 cm³/mol. The van der Waals surface area contributed by atoms with Gasteiger partial charge in [-0.3, -0.25) is 14.4 Å². The van der Waals surface area contributed by atoms with E-state index in [0.29, 0.717) is 11.1 Å². The van der Waals surface area contributed by atoms with Crippen molar-refractivity contribution in [3.8, 4) is 0 Å². The SMILES string of the molecule is CN(CC(=O)O)C(=O)c1cccc(SCC(=O)c2ccccc2)c1. The Bertz CT molecular complexity index is 746. The van der Waals surface area contributed by atoms with Gasteiger partial charge >= 0.3 is 5.97 Å². The van der Waals surface area contributed by atoms with Gasteiger partial charge in [0.15, 0.2) is 5.78 Å². The van der Waals surface area contributed by atoms with Gasteiger partial charge in [-0.25, -0.2) is 0 Å². The molecule has 0 heterocycles. The molecule has 1 amide bonds. The van der Waals surface area contributed by atoms with Crippen molar-refractivity contribution in [3.05, 3.63) is 65.7 Å². The number of benzene rings is 2. The number of nitrogens with zero attached hydrogens (tertiary/aromatic N) is 1. The van der Waals surface area contributed by atoms with Crippen LogP contribution in [0.4, 0.5) is 0 Å². The molecule has 0 radical (unpaired) electrons. The minimum absolute atomic E-state index is 0.0142. The van der Waals surface area contributed by atoms with Crippen LogP contribution in [0.15, 0.2) is 59.5 Å². The second kappa shape index (κ2) is 8.31. The molecule has 0 aliphatic heterocycles. The number of Topliss-reactive ketones (excluding diaryl/α,β-unsaturated/α-hetero) is 1. The molecular formula is C18H17NO4S. The van der Waals surface area contributed by atoms with E-state index >= 15 is 0 Å². The van der Waals surface area contributed by atoms with Gasteiger partial charge in [-0.1, -0.05) is 36.4 Å². The molecular weight excluding hydrogens is 326 g/mol. The molecule has 0 unspecified atom stereocenters. The molecule has 124 valence electrons. The van der Waals surface area contributed by atoms with Gasteiger partial charge in [0.05, 0.1) is 5.75 Å². The number of amides is 1. The molecule has 0 bridgehead atoms. The number of rotatable bonds is 7. The lowest BCUT2D eigenvalue weighted by Crippen LogP contribution is -2.31. The first-order valence-electron chi connectivity index (χ1n) is 7.25. The summed E-state index contributed by atoms with van der Waals surface area (Å²) in [6.45, 7) is -0.358. The second-order valence-corrected chi connectivity index (χ2v) is 6.21. The van der Waals surface area contributed by atoms with Crippen LogP contribution in [-0.2, 0) is 4.79 Å². The average Bonchev–Trinajstić information content (AvgIpc) is 2.59. The zero-order chi connectivity index (χ0) is 17.5. The van der Waals surface area contributed by atoms with Gasteiger partial charge in [-0.15, -0.1) is 11.8 Å². The number of carboxylic acids is 1. The highest BCUT2D eigenvalue weighted by Crippen LogP contribution is 2.21. The summed E-state index contributed by atoms with van der Waals surface area (Å²) in [7, 11) is 1.44. The first-order chi connectivity index (χ1) is 11.5. The molecule has 5 nitrogen and oxygen atoms in total. The van der Waals surface area contributed by atoms with Crippen molar-refractivity contribution >= 4 is 29.4 Å². The van der Waals surface area contributed by atoms with Crippen LogP contribution in [0.3, 0.4) is 0 Å². The number of carbonyl (C=O) groups excluding carboxylic acids is 2. The lowest BCUT2D eigenvalue weighted by Gasteiger charge is -2.14. The number of carbonyl (C=O) groups is 3. The molecule has 1 N–H and O–H groups in total. The summed E-state index contributed by atoms with van der Waals surface area (Å²) >= 11 is 1.34. The van der Waals surface area contributed by atoms with Gasteiger partial charge in [-0.2, -0.15) is 0 Å². The third-order valence-electron chi connectivity index (χ3n) is 3.27.